The summed E-state index contributed by atoms with van der Waals surface area (Å²) >= 11 is 0. The highest BCUT2D eigenvalue weighted by molar-refractivity contribution is 5.67. The van der Waals surface area contributed by atoms with Crippen LogP contribution >= 0.6 is 0 Å². The highest BCUT2D eigenvalue weighted by Crippen LogP contribution is 2.20. The lowest BCUT2D eigenvalue weighted by Gasteiger charge is -2.25. The molecule has 0 aliphatic rings. The van der Waals surface area contributed by atoms with E-state index < -0.39 is 5.60 Å². The number of aryl methyl sites for hydroxylation is 1. The second-order valence-electron chi connectivity index (χ2n) is 6.20. The highest BCUT2D eigenvalue weighted by Gasteiger charge is 2.21. The molecule has 1 rings (SSSR count). The quantitative estimate of drug-likeness (QED) is 0.514. The maximum Gasteiger partial charge on any atom is 0.410 e. The van der Waals surface area contributed by atoms with Gasteiger partial charge in [0.05, 0.1) is 5.69 Å². The van der Waals surface area contributed by atoms with Gasteiger partial charge in [-0.1, -0.05) is 11.3 Å². The van der Waals surface area contributed by atoms with Crippen LogP contribution in [0.15, 0.2) is 28.7 Å². The van der Waals surface area contributed by atoms with Crippen LogP contribution in [-0.4, -0.2) is 35.2 Å². The van der Waals surface area contributed by atoms with Gasteiger partial charge in [-0.15, -0.1) is 0 Å². The molecule has 1 unspecified atom stereocenters. The van der Waals surface area contributed by atoms with Gasteiger partial charge in [-0.2, -0.15) is 5.11 Å². The minimum absolute atomic E-state index is 0.282. The molecule has 1 atom stereocenters. The van der Waals surface area contributed by atoms with Gasteiger partial charge in [-0.05, 0) is 45.7 Å². The largest absolute Gasteiger partial charge is 0.444 e. The number of hydrogen-bond acceptors (Lipinski definition) is 5. The summed E-state index contributed by atoms with van der Waals surface area (Å²) in [6.07, 6.45) is 1.96. The molecule has 0 aliphatic carbocycles. The molecule has 0 saturated heterocycles. The van der Waals surface area contributed by atoms with Gasteiger partial charge in [-0.3, -0.25) is 4.98 Å². The molecule has 0 fully saturated rings. The lowest BCUT2D eigenvalue weighted by molar-refractivity contribution is 0.0294. The van der Waals surface area contributed by atoms with E-state index in [1.165, 1.54) is 4.90 Å². The van der Waals surface area contributed by atoms with Crippen LogP contribution < -0.4 is 5.84 Å². The van der Waals surface area contributed by atoms with Crippen molar-refractivity contribution in [3.05, 3.63) is 29.6 Å². The predicted molar refractivity (Wildman–Crippen MR) is 84.2 cm³/mol. The Labute approximate surface area is 131 Å². The van der Waals surface area contributed by atoms with Crippen molar-refractivity contribution in [1.29, 1.82) is 0 Å². The van der Waals surface area contributed by atoms with E-state index in [0.717, 1.165) is 11.3 Å². The first-order valence-corrected chi connectivity index (χ1v) is 7.19. The SMILES string of the molecule is Cc1ccc(C(CCN(C)C(=O)OC(C)(C)C)N=NN)nc1. The van der Waals surface area contributed by atoms with Crippen molar-refractivity contribution in [1.82, 2.24) is 9.88 Å². The molecule has 1 heterocycles. The number of carbonyl (C=O) groups excluding carboxylic acids is 1. The number of hydrogen-bond donors (Lipinski definition) is 1. The number of nitrogens with zero attached hydrogens (tertiary/aromatic N) is 4. The number of pyridine rings is 1. The minimum atomic E-state index is -0.514. The Bertz CT molecular complexity index is 508. The highest BCUT2D eigenvalue weighted by atomic mass is 16.6. The second kappa shape index (κ2) is 7.72. The van der Waals surface area contributed by atoms with Crippen LogP contribution in [0.3, 0.4) is 0 Å². The van der Waals surface area contributed by atoms with Crippen LogP contribution in [0.1, 0.15) is 44.5 Å². The molecule has 0 bridgehead atoms. The zero-order valence-corrected chi connectivity index (χ0v) is 13.9. The number of amides is 1. The zero-order valence-electron chi connectivity index (χ0n) is 13.9. The Morgan fingerprint density at radius 1 is 1.45 bits per heavy atom. The first-order chi connectivity index (χ1) is 10.2. The molecule has 0 spiro atoms. The van der Waals surface area contributed by atoms with Crippen molar-refractivity contribution in [2.24, 2.45) is 16.2 Å². The summed E-state index contributed by atoms with van der Waals surface area (Å²) in [5.74, 6) is 5.17. The van der Waals surface area contributed by atoms with Gasteiger partial charge >= 0.3 is 6.09 Å². The Kier molecular flexibility index (Phi) is 6.27. The number of nitrogens with two attached hydrogens (primary N) is 1. The van der Waals surface area contributed by atoms with Crippen molar-refractivity contribution in [3.8, 4) is 0 Å². The second-order valence-corrected chi connectivity index (χ2v) is 6.20. The predicted octanol–water partition coefficient (Wildman–Crippen LogP) is 3.01. The monoisotopic (exact) mass is 307 g/mol. The fourth-order valence-corrected chi connectivity index (χ4v) is 1.77. The number of carbonyl (C=O) groups is 1. The molecule has 1 amide bonds. The van der Waals surface area contributed by atoms with Crippen molar-refractivity contribution in [3.63, 3.8) is 0 Å². The molecule has 1 aromatic rings. The lowest BCUT2D eigenvalue weighted by atomic mass is 10.1. The molecule has 122 valence electrons. The lowest BCUT2D eigenvalue weighted by Crippen LogP contribution is -2.35. The van der Waals surface area contributed by atoms with Crippen LogP contribution in [0, 0.1) is 6.92 Å². The first-order valence-electron chi connectivity index (χ1n) is 7.19. The Hall–Kier alpha value is -2.18. The van der Waals surface area contributed by atoms with Gasteiger partial charge in [-0.25, -0.2) is 4.79 Å². The first kappa shape index (κ1) is 17.9. The maximum absolute atomic E-state index is 11.9. The molecule has 0 aliphatic heterocycles. The number of aromatic nitrogens is 1. The van der Waals surface area contributed by atoms with Crippen LogP contribution in [0.2, 0.25) is 0 Å². The van der Waals surface area contributed by atoms with Gasteiger partial charge in [0.15, 0.2) is 0 Å². The van der Waals surface area contributed by atoms with E-state index >= 15 is 0 Å². The molecular formula is C15H25N5O2. The Morgan fingerprint density at radius 2 is 2.14 bits per heavy atom. The molecule has 22 heavy (non-hydrogen) atoms. The fraction of sp³-hybridized carbons (Fsp3) is 0.600. The Balaban J connectivity index is 2.65. The summed E-state index contributed by atoms with van der Waals surface area (Å²) in [6, 6.07) is 3.57. The van der Waals surface area contributed by atoms with Gasteiger partial charge in [0, 0.05) is 19.8 Å². The van der Waals surface area contributed by atoms with E-state index in [9.17, 15) is 4.79 Å². The topological polar surface area (TPSA) is 93.2 Å². The van der Waals surface area contributed by atoms with Gasteiger partial charge in [0.2, 0.25) is 0 Å². The van der Waals surface area contributed by atoms with Gasteiger partial charge in [0.25, 0.3) is 0 Å². The number of ether oxygens (including phenoxy) is 1. The molecule has 7 heteroatoms. The summed E-state index contributed by atoms with van der Waals surface area (Å²) in [7, 11) is 1.69. The van der Waals surface area contributed by atoms with Crippen molar-refractivity contribution in [2.45, 2.75) is 45.8 Å². The summed E-state index contributed by atoms with van der Waals surface area (Å²) in [5.41, 5.74) is 1.33. The summed E-state index contributed by atoms with van der Waals surface area (Å²) < 4.78 is 5.31. The third-order valence-electron chi connectivity index (χ3n) is 2.92. The van der Waals surface area contributed by atoms with E-state index in [2.05, 4.69) is 15.3 Å². The maximum atomic E-state index is 11.9. The third-order valence-corrected chi connectivity index (χ3v) is 2.92. The normalized spacial score (nSPS) is 13.1. The van der Waals surface area contributed by atoms with Crippen LogP contribution in [-0.2, 0) is 4.74 Å². The molecule has 1 aromatic heterocycles. The minimum Gasteiger partial charge on any atom is -0.444 e. The van der Waals surface area contributed by atoms with E-state index in [1.54, 1.807) is 13.2 Å². The van der Waals surface area contributed by atoms with E-state index in [-0.39, 0.29) is 12.1 Å². The van der Waals surface area contributed by atoms with Crippen LogP contribution in [0.4, 0.5) is 4.79 Å². The molecule has 7 nitrogen and oxygen atoms in total. The fourth-order valence-electron chi connectivity index (χ4n) is 1.77. The van der Waals surface area contributed by atoms with E-state index in [0.29, 0.717) is 13.0 Å². The summed E-state index contributed by atoms with van der Waals surface area (Å²) in [4.78, 5) is 17.8. The molecule has 2 N–H and O–H groups in total. The average molecular weight is 307 g/mol. The molecule has 0 radical (unpaired) electrons. The zero-order chi connectivity index (χ0) is 16.8. The van der Waals surface area contributed by atoms with Gasteiger partial charge < -0.3 is 15.5 Å². The van der Waals surface area contributed by atoms with Gasteiger partial charge in [0.1, 0.15) is 11.6 Å². The summed E-state index contributed by atoms with van der Waals surface area (Å²) in [6.45, 7) is 7.93. The molecule has 0 saturated carbocycles. The van der Waals surface area contributed by atoms with Crippen LogP contribution in [0.5, 0.6) is 0 Å². The number of rotatable bonds is 5. The third kappa shape index (κ3) is 6.07. The van der Waals surface area contributed by atoms with Crippen molar-refractivity contribution >= 4 is 6.09 Å². The standard InChI is InChI=1S/C15H25N5O2/c1-11-6-7-12(17-10-11)13(18-19-16)8-9-20(5)14(21)22-15(2,3)4/h6-7,10,13H,8-9H2,1-5H3,(H2,16,18). The molecule has 0 aromatic carbocycles. The van der Waals surface area contributed by atoms with E-state index in [4.69, 9.17) is 10.6 Å². The van der Waals surface area contributed by atoms with E-state index in [1.807, 2.05) is 39.8 Å². The van der Waals surface area contributed by atoms with Crippen molar-refractivity contribution in [2.75, 3.05) is 13.6 Å². The smallest absolute Gasteiger partial charge is 0.410 e. The van der Waals surface area contributed by atoms with Crippen LogP contribution in [0.25, 0.3) is 0 Å². The summed E-state index contributed by atoms with van der Waals surface area (Å²) in [5, 5.41) is 7.36. The molecular weight excluding hydrogens is 282 g/mol. The van der Waals surface area contributed by atoms with Crippen molar-refractivity contribution < 1.29 is 9.53 Å². The average Bonchev–Trinajstić information content (AvgIpc) is 2.42. The Morgan fingerprint density at radius 3 is 2.64 bits per heavy atom.